The van der Waals surface area contributed by atoms with E-state index in [1.807, 2.05) is 48.5 Å². The van der Waals surface area contributed by atoms with Crippen molar-refractivity contribution in [1.82, 2.24) is 5.43 Å². The largest absolute Gasteiger partial charge is 0.272 e. The normalized spacial score (nSPS) is 11.5. The van der Waals surface area contributed by atoms with E-state index in [-0.39, 0.29) is 5.91 Å². The van der Waals surface area contributed by atoms with Crippen molar-refractivity contribution in [3.05, 3.63) is 70.2 Å². The van der Waals surface area contributed by atoms with Gasteiger partial charge in [-0.1, -0.05) is 56.3 Å². The summed E-state index contributed by atoms with van der Waals surface area (Å²) in [5.74, 6) is 0.240. The first-order valence-electron chi connectivity index (χ1n) is 7.24. The molecule has 0 saturated heterocycles. The molecule has 114 valence electrons. The number of halogens is 1. The summed E-state index contributed by atoms with van der Waals surface area (Å²) in [7, 11) is 0. The maximum atomic E-state index is 12.2. The molecule has 0 radical (unpaired) electrons. The minimum atomic E-state index is -0.218. The highest BCUT2D eigenvalue weighted by Gasteiger charge is 2.10. The van der Waals surface area contributed by atoms with Gasteiger partial charge in [-0.05, 0) is 46.0 Å². The van der Waals surface area contributed by atoms with Crippen molar-refractivity contribution >= 4 is 27.5 Å². The summed E-state index contributed by atoms with van der Waals surface area (Å²) in [4.78, 5) is 12.2. The molecule has 0 unspecified atom stereocenters. The Morgan fingerprint density at radius 2 is 1.73 bits per heavy atom. The molecule has 0 heterocycles. The maximum Gasteiger partial charge on any atom is 0.272 e. The Balaban J connectivity index is 2.20. The molecular formula is C18H19BrN2O. The maximum absolute atomic E-state index is 12.2. The number of nitrogens with one attached hydrogen (secondary N) is 1. The molecule has 0 bridgehead atoms. The first kappa shape index (κ1) is 16.4. The molecule has 0 atom stereocenters. The van der Waals surface area contributed by atoms with Gasteiger partial charge in [-0.2, -0.15) is 5.10 Å². The Labute approximate surface area is 139 Å². The van der Waals surface area contributed by atoms with Gasteiger partial charge >= 0.3 is 0 Å². The fourth-order valence-corrected chi connectivity index (χ4v) is 2.53. The van der Waals surface area contributed by atoms with Crippen LogP contribution in [-0.2, 0) is 0 Å². The zero-order chi connectivity index (χ0) is 15.9. The van der Waals surface area contributed by atoms with Gasteiger partial charge in [0.05, 0.1) is 11.3 Å². The number of carbonyl (C=O) groups excluding carboxylic acids is 1. The van der Waals surface area contributed by atoms with E-state index in [9.17, 15) is 4.79 Å². The minimum Gasteiger partial charge on any atom is -0.267 e. The van der Waals surface area contributed by atoms with Gasteiger partial charge in [0.2, 0.25) is 0 Å². The van der Waals surface area contributed by atoms with Gasteiger partial charge in [0, 0.05) is 4.47 Å². The molecule has 0 spiro atoms. The van der Waals surface area contributed by atoms with Crippen molar-refractivity contribution in [3.63, 3.8) is 0 Å². The van der Waals surface area contributed by atoms with E-state index in [2.05, 4.69) is 40.3 Å². The molecule has 1 N–H and O–H groups in total. The van der Waals surface area contributed by atoms with Crippen LogP contribution in [-0.4, -0.2) is 11.6 Å². The van der Waals surface area contributed by atoms with Crippen LogP contribution in [0, 0.1) is 5.92 Å². The van der Waals surface area contributed by atoms with Crippen LogP contribution in [0.2, 0.25) is 0 Å². The molecule has 0 aliphatic heterocycles. The number of carbonyl (C=O) groups is 1. The van der Waals surface area contributed by atoms with Crippen LogP contribution in [0.25, 0.3) is 0 Å². The first-order valence-corrected chi connectivity index (χ1v) is 8.04. The van der Waals surface area contributed by atoms with Gasteiger partial charge in [-0.15, -0.1) is 0 Å². The standard InChI is InChI=1S/C18H19BrN2O/c1-13(2)12-17(14-8-4-3-5-9-14)20-21-18(22)15-10-6-7-11-16(15)19/h3-11,13H,12H2,1-2H3,(H,21,22)/b20-17+. The third-order valence-electron chi connectivity index (χ3n) is 3.12. The average Bonchev–Trinajstić information content (AvgIpc) is 2.52. The highest BCUT2D eigenvalue weighted by atomic mass is 79.9. The molecule has 0 aromatic heterocycles. The van der Waals surface area contributed by atoms with Crippen LogP contribution >= 0.6 is 15.9 Å². The highest BCUT2D eigenvalue weighted by molar-refractivity contribution is 9.10. The van der Waals surface area contributed by atoms with E-state index in [4.69, 9.17) is 0 Å². The smallest absolute Gasteiger partial charge is 0.267 e. The number of rotatable bonds is 5. The van der Waals surface area contributed by atoms with Crippen molar-refractivity contribution in [3.8, 4) is 0 Å². The van der Waals surface area contributed by atoms with Crippen molar-refractivity contribution in [1.29, 1.82) is 0 Å². The average molecular weight is 359 g/mol. The Kier molecular flexibility index (Phi) is 5.90. The quantitative estimate of drug-likeness (QED) is 0.614. The van der Waals surface area contributed by atoms with E-state index in [0.717, 1.165) is 22.2 Å². The molecule has 0 fully saturated rings. The fourth-order valence-electron chi connectivity index (χ4n) is 2.07. The molecule has 2 rings (SSSR count). The summed E-state index contributed by atoms with van der Waals surface area (Å²) in [6.07, 6.45) is 0.806. The molecular weight excluding hydrogens is 340 g/mol. The monoisotopic (exact) mass is 358 g/mol. The summed E-state index contributed by atoms with van der Waals surface area (Å²) in [5, 5.41) is 4.35. The molecule has 2 aromatic rings. The second kappa shape index (κ2) is 7.90. The van der Waals surface area contributed by atoms with Gasteiger partial charge in [0.15, 0.2) is 0 Å². The molecule has 22 heavy (non-hydrogen) atoms. The number of hydrogen-bond donors (Lipinski definition) is 1. The van der Waals surface area contributed by atoms with Crippen LogP contribution in [0.1, 0.15) is 36.2 Å². The lowest BCUT2D eigenvalue weighted by molar-refractivity contribution is 0.0954. The minimum absolute atomic E-state index is 0.218. The van der Waals surface area contributed by atoms with Crippen LogP contribution in [0.3, 0.4) is 0 Å². The number of hydrogen-bond acceptors (Lipinski definition) is 2. The number of amides is 1. The second-order valence-electron chi connectivity index (χ2n) is 5.44. The Morgan fingerprint density at radius 3 is 2.36 bits per heavy atom. The summed E-state index contributed by atoms with van der Waals surface area (Å²) in [6.45, 7) is 4.27. The lowest BCUT2D eigenvalue weighted by atomic mass is 10.0. The molecule has 4 heteroatoms. The molecule has 3 nitrogen and oxygen atoms in total. The van der Waals surface area contributed by atoms with E-state index < -0.39 is 0 Å². The zero-order valence-electron chi connectivity index (χ0n) is 12.7. The SMILES string of the molecule is CC(C)C/C(=N\NC(=O)c1ccccc1Br)c1ccccc1. The van der Waals surface area contributed by atoms with Gasteiger partial charge in [0.25, 0.3) is 5.91 Å². The predicted octanol–water partition coefficient (Wildman–Crippen LogP) is 4.63. The lowest BCUT2D eigenvalue weighted by Crippen LogP contribution is -2.21. The molecule has 0 aliphatic carbocycles. The summed E-state index contributed by atoms with van der Waals surface area (Å²) in [5.41, 5.74) is 5.15. The van der Waals surface area contributed by atoms with Gasteiger partial charge in [0.1, 0.15) is 0 Å². The van der Waals surface area contributed by atoms with Crippen LogP contribution in [0.5, 0.6) is 0 Å². The zero-order valence-corrected chi connectivity index (χ0v) is 14.3. The summed E-state index contributed by atoms with van der Waals surface area (Å²) >= 11 is 3.38. The van der Waals surface area contributed by atoms with Gasteiger partial charge in [-0.3, -0.25) is 4.79 Å². The molecule has 1 amide bonds. The van der Waals surface area contributed by atoms with E-state index in [0.29, 0.717) is 11.5 Å². The summed E-state index contributed by atoms with van der Waals surface area (Å²) < 4.78 is 0.757. The number of hydrazone groups is 1. The van der Waals surface area contributed by atoms with Crippen molar-refractivity contribution in [2.24, 2.45) is 11.0 Å². The Hall–Kier alpha value is -1.94. The van der Waals surface area contributed by atoms with Crippen molar-refractivity contribution < 1.29 is 4.79 Å². The fraction of sp³-hybridized carbons (Fsp3) is 0.222. The number of benzene rings is 2. The van der Waals surface area contributed by atoms with Crippen LogP contribution in [0.4, 0.5) is 0 Å². The predicted molar refractivity (Wildman–Crippen MR) is 94.0 cm³/mol. The lowest BCUT2D eigenvalue weighted by Gasteiger charge is -2.10. The second-order valence-corrected chi connectivity index (χ2v) is 6.30. The highest BCUT2D eigenvalue weighted by Crippen LogP contribution is 2.16. The third kappa shape index (κ3) is 4.53. The van der Waals surface area contributed by atoms with Crippen LogP contribution < -0.4 is 5.43 Å². The summed E-state index contributed by atoms with van der Waals surface area (Å²) in [6, 6.07) is 17.2. The van der Waals surface area contributed by atoms with Crippen molar-refractivity contribution in [2.45, 2.75) is 20.3 Å². The number of nitrogens with zero attached hydrogens (tertiary/aromatic N) is 1. The van der Waals surface area contributed by atoms with E-state index in [1.165, 1.54) is 0 Å². The molecule has 2 aromatic carbocycles. The van der Waals surface area contributed by atoms with Crippen molar-refractivity contribution in [2.75, 3.05) is 0 Å². The topological polar surface area (TPSA) is 41.5 Å². The first-order chi connectivity index (χ1) is 10.6. The third-order valence-corrected chi connectivity index (χ3v) is 3.81. The van der Waals surface area contributed by atoms with Crippen LogP contribution in [0.15, 0.2) is 64.2 Å². The molecule has 0 aliphatic rings. The van der Waals surface area contributed by atoms with Gasteiger partial charge < -0.3 is 0 Å². The Morgan fingerprint density at radius 1 is 1.09 bits per heavy atom. The van der Waals surface area contributed by atoms with E-state index >= 15 is 0 Å². The Bertz CT molecular complexity index is 666. The van der Waals surface area contributed by atoms with E-state index in [1.54, 1.807) is 6.07 Å². The van der Waals surface area contributed by atoms with Gasteiger partial charge in [-0.25, -0.2) is 5.43 Å². The molecule has 0 saturated carbocycles.